The largest absolute Gasteiger partial charge is 0.494 e. The van der Waals surface area contributed by atoms with Gasteiger partial charge < -0.3 is 15.8 Å². The summed E-state index contributed by atoms with van der Waals surface area (Å²) in [5.74, 6) is 0.524. The third-order valence-electron chi connectivity index (χ3n) is 2.51. The van der Waals surface area contributed by atoms with Gasteiger partial charge >= 0.3 is 0 Å². The van der Waals surface area contributed by atoms with Crippen molar-refractivity contribution in [1.29, 1.82) is 0 Å². The molecule has 1 aromatic carbocycles. The summed E-state index contributed by atoms with van der Waals surface area (Å²) in [5, 5.41) is 4.82. The topological polar surface area (TPSA) is 77.2 Å². The zero-order valence-electron chi connectivity index (χ0n) is 10.8. The van der Waals surface area contributed by atoms with Crippen LogP contribution in [0.3, 0.4) is 0 Å². The lowest BCUT2D eigenvalue weighted by atomic mass is 10.2. The number of carbonyl (C=O) groups is 1. The summed E-state index contributed by atoms with van der Waals surface area (Å²) >= 11 is 1.24. The second-order valence-corrected chi connectivity index (χ2v) is 4.82. The van der Waals surface area contributed by atoms with Gasteiger partial charge in [0, 0.05) is 11.1 Å². The number of benzene rings is 1. The molecule has 0 spiro atoms. The summed E-state index contributed by atoms with van der Waals surface area (Å²) in [6, 6.07) is 5.52. The molecule has 0 saturated heterocycles. The minimum absolute atomic E-state index is 0.264. The van der Waals surface area contributed by atoms with Gasteiger partial charge in [0.15, 0.2) is 5.13 Å². The highest BCUT2D eigenvalue weighted by atomic mass is 32.1. The fraction of sp³-hybridized carbons (Fsp3) is 0.231. The van der Waals surface area contributed by atoms with Gasteiger partial charge in [-0.25, -0.2) is 4.98 Å². The highest BCUT2D eigenvalue weighted by Gasteiger charge is 2.11. The Bertz CT molecular complexity index is 595. The van der Waals surface area contributed by atoms with E-state index in [1.54, 1.807) is 5.38 Å². The van der Waals surface area contributed by atoms with E-state index in [0.29, 0.717) is 17.4 Å². The molecule has 1 heterocycles. The number of ether oxygens (including phenoxy) is 1. The monoisotopic (exact) mass is 277 g/mol. The van der Waals surface area contributed by atoms with E-state index in [2.05, 4.69) is 10.3 Å². The average Bonchev–Trinajstić information content (AvgIpc) is 2.80. The van der Waals surface area contributed by atoms with E-state index in [1.807, 2.05) is 32.0 Å². The molecule has 0 aliphatic rings. The van der Waals surface area contributed by atoms with E-state index in [9.17, 15) is 4.79 Å². The Morgan fingerprint density at radius 1 is 1.53 bits per heavy atom. The highest BCUT2D eigenvalue weighted by molar-refractivity contribution is 7.13. The lowest BCUT2D eigenvalue weighted by Gasteiger charge is -2.09. The van der Waals surface area contributed by atoms with Gasteiger partial charge in [0.05, 0.1) is 6.61 Å². The van der Waals surface area contributed by atoms with Crippen LogP contribution in [-0.4, -0.2) is 17.5 Å². The van der Waals surface area contributed by atoms with E-state index in [0.717, 1.165) is 17.0 Å². The smallest absolute Gasteiger partial charge is 0.275 e. The number of amides is 1. The number of rotatable bonds is 4. The van der Waals surface area contributed by atoms with Crippen molar-refractivity contribution in [2.75, 3.05) is 17.7 Å². The van der Waals surface area contributed by atoms with Gasteiger partial charge in [-0.1, -0.05) is 0 Å². The molecule has 0 radical (unpaired) electrons. The predicted molar refractivity (Wildman–Crippen MR) is 76.8 cm³/mol. The number of thiazole rings is 1. The summed E-state index contributed by atoms with van der Waals surface area (Å²) in [5.41, 5.74) is 7.50. The van der Waals surface area contributed by atoms with Crippen molar-refractivity contribution in [3.63, 3.8) is 0 Å². The number of nitrogens with zero attached hydrogens (tertiary/aromatic N) is 1. The zero-order chi connectivity index (χ0) is 13.8. The van der Waals surface area contributed by atoms with Gasteiger partial charge in [-0.2, -0.15) is 0 Å². The van der Waals surface area contributed by atoms with Crippen LogP contribution in [0, 0.1) is 6.92 Å². The summed E-state index contributed by atoms with van der Waals surface area (Å²) in [4.78, 5) is 15.9. The van der Waals surface area contributed by atoms with Crippen LogP contribution < -0.4 is 15.8 Å². The molecule has 0 saturated carbocycles. The maximum absolute atomic E-state index is 11.9. The Morgan fingerprint density at radius 3 is 2.89 bits per heavy atom. The minimum atomic E-state index is -0.264. The number of aryl methyl sites for hydroxylation is 1. The second-order valence-electron chi connectivity index (χ2n) is 3.93. The number of nitrogens with two attached hydrogens (primary N) is 1. The molecule has 0 aliphatic heterocycles. The molecule has 5 nitrogen and oxygen atoms in total. The molecule has 6 heteroatoms. The van der Waals surface area contributed by atoms with Crippen molar-refractivity contribution in [3.05, 3.63) is 34.8 Å². The number of anilines is 2. The Kier molecular flexibility index (Phi) is 4.01. The number of aromatic nitrogens is 1. The molecule has 2 rings (SSSR count). The Hall–Kier alpha value is -2.08. The molecule has 0 atom stereocenters. The SMILES string of the molecule is CCOc1ccc(NC(=O)c2csc(N)n2)c(C)c1. The number of nitrogens with one attached hydrogen (secondary N) is 1. The molecule has 1 aromatic heterocycles. The van der Waals surface area contributed by atoms with Crippen LogP contribution in [0.4, 0.5) is 10.8 Å². The highest BCUT2D eigenvalue weighted by Crippen LogP contribution is 2.22. The summed E-state index contributed by atoms with van der Waals surface area (Å²) in [6.45, 7) is 4.45. The van der Waals surface area contributed by atoms with Gasteiger partial charge in [-0.05, 0) is 37.6 Å². The van der Waals surface area contributed by atoms with Crippen LogP contribution in [0.1, 0.15) is 23.0 Å². The molecule has 0 unspecified atom stereocenters. The quantitative estimate of drug-likeness (QED) is 0.900. The van der Waals surface area contributed by atoms with Crippen molar-refractivity contribution < 1.29 is 9.53 Å². The lowest BCUT2D eigenvalue weighted by molar-refractivity contribution is 0.102. The van der Waals surface area contributed by atoms with Crippen LogP contribution in [0.2, 0.25) is 0 Å². The Balaban J connectivity index is 2.13. The van der Waals surface area contributed by atoms with Crippen molar-refractivity contribution in [2.45, 2.75) is 13.8 Å². The molecular formula is C13H15N3O2S. The molecule has 0 fully saturated rings. The maximum Gasteiger partial charge on any atom is 0.275 e. The van der Waals surface area contributed by atoms with E-state index in [4.69, 9.17) is 10.5 Å². The van der Waals surface area contributed by atoms with Gasteiger partial charge in [0.1, 0.15) is 11.4 Å². The summed E-state index contributed by atoms with van der Waals surface area (Å²) < 4.78 is 5.39. The first-order valence-electron chi connectivity index (χ1n) is 5.86. The summed E-state index contributed by atoms with van der Waals surface area (Å²) in [7, 11) is 0. The minimum Gasteiger partial charge on any atom is -0.494 e. The number of nitrogen functional groups attached to an aromatic ring is 1. The van der Waals surface area contributed by atoms with Crippen LogP contribution in [0.25, 0.3) is 0 Å². The van der Waals surface area contributed by atoms with Crippen molar-refractivity contribution in [3.8, 4) is 5.75 Å². The first-order chi connectivity index (χ1) is 9.10. The fourth-order valence-electron chi connectivity index (χ4n) is 1.61. The van der Waals surface area contributed by atoms with Crippen molar-refractivity contribution in [1.82, 2.24) is 4.98 Å². The third kappa shape index (κ3) is 3.23. The Labute approximate surface area is 115 Å². The molecule has 100 valence electrons. The zero-order valence-corrected chi connectivity index (χ0v) is 11.6. The number of hydrogen-bond donors (Lipinski definition) is 2. The molecule has 19 heavy (non-hydrogen) atoms. The van der Waals surface area contributed by atoms with Gasteiger partial charge in [-0.15, -0.1) is 11.3 Å². The molecule has 2 aromatic rings. The van der Waals surface area contributed by atoms with Crippen molar-refractivity contribution >= 4 is 28.1 Å². The lowest BCUT2D eigenvalue weighted by Crippen LogP contribution is -2.13. The molecule has 1 amide bonds. The van der Waals surface area contributed by atoms with E-state index in [1.165, 1.54) is 11.3 Å². The van der Waals surface area contributed by atoms with Crippen LogP contribution in [0.5, 0.6) is 5.75 Å². The van der Waals surface area contributed by atoms with Gasteiger partial charge in [-0.3, -0.25) is 4.79 Å². The van der Waals surface area contributed by atoms with E-state index in [-0.39, 0.29) is 5.91 Å². The average molecular weight is 277 g/mol. The van der Waals surface area contributed by atoms with Gasteiger partial charge in [0.2, 0.25) is 0 Å². The van der Waals surface area contributed by atoms with Crippen LogP contribution >= 0.6 is 11.3 Å². The molecular weight excluding hydrogens is 262 g/mol. The molecule has 3 N–H and O–H groups in total. The Morgan fingerprint density at radius 2 is 2.32 bits per heavy atom. The van der Waals surface area contributed by atoms with Crippen LogP contribution in [0.15, 0.2) is 23.6 Å². The number of hydrogen-bond acceptors (Lipinski definition) is 5. The summed E-state index contributed by atoms with van der Waals surface area (Å²) in [6.07, 6.45) is 0. The van der Waals surface area contributed by atoms with E-state index >= 15 is 0 Å². The maximum atomic E-state index is 11.9. The molecule has 0 bridgehead atoms. The van der Waals surface area contributed by atoms with Crippen LogP contribution in [-0.2, 0) is 0 Å². The first kappa shape index (κ1) is 13.4. The predicted octanol–water partition coefficient (Wildman–Crippen LogP) is 2.68. The molecule has 0 aliphatic carbocycles. The second kappa shape index (κ2) is 5.71. The third-order valence-corrected chi connectivity index (χ3v) is 3.19. The number of carbonyl (C=O) groups excluding carboxylic acids is 1. The van der Waals surface area contributed by atoms with Crippen molar-refractivity contribution in [2.24, 2.45) is 0 Å². The first-order valence-corrected chi connectivity index (χ1v) is 6.74. The van der Waals surface area contributed by atoms with E-state index < -0.39 is 0 Å². The fourth-order valence-corrected chi connectivity index (χ4v) is 2.15. The standard InChI is InChI=1S/C13H15N3O2S/c1-3-18-9-4-5-10(8(2)6-9)15-12(17)11-7-19-13(14)16-11/h4-7H,3H2,1-2H3,(H2,14,16)(H,15,17). The normalized spacial score (nSPS) is 10.2. The van der Waals surface area contributed by atoms with Gasteiger partial charge in [0.25, 0.3) is 5.91 Å².